The lowest BCUT2D eigenvalue weighted by atomic mass is 10.0. The van der Waals surface area contributed by atoms with Crippen molar-refractivity contribution in [2.45, 2.75) is 109 Å². The Balaban J connectivity index is 1.81. The third-order valence-corrected chi connectivity index (χ3v) is 6.66. The monoisotopic (exact) mass is 408 g/mol. The van der Waals surface area contributed by atoms with Gasteiger partial charge in [-0.15, -0.1) is 0 Å². The van der Waals surface area contributed by atoms with Crippen molar-refractivity contribution in [3.05, 3.63) is 30.6 Å². The van der Waals surface area contributed by atoms with Gasteiger partial charge in [-0.2, -0.15) is 11.8 Å². The number of ether oxygens (including phenoxy) is 1. The van der Waals surface area contributed by atoms with Crippen LogP contribution in [0.5, 0.6) is 0 Å². The van der Waals surface area contributed by atoms with Gasteiger partial charge < -0.3 is 4.74 Å². The number of hydrogen-bond acceptors (Lipinski definition) is 2. The molecule has 0 saturated carbocycles. The van der Waals surface area contributed by atoms with E-state index in [1.54, 1.807) is 0 Å². The van der Waals surface area contributed by atoms with Gasteiger partial charge in [-0.1, -0.05) is 96.5 Å². The quantitative estimate of drug-likeness (QED) is 0.167. The number of hydrogen-bond donors (Lipinski definition) is 0. The molecule has 1 heterocycles. The third-order valence-electron chi connectivity index (χ3n) is 5.47. The van der Waals surface area contributed by atoms with E-state index in [4.69, 9.17) is 4.74 Å². The van der Waals surface area contributed by atoms with Gasteiger partial charge >= 0.3 is 0 Å². The summed E-state index contributed by atoms with van der Waals surface area (Å²) in [5, 5.41) is 0. The highest BCUT2D eigenvalue weighted by Crippen LogP contribution is 2.14. The van der Waals surface area contributed by atoms with Crippen molar-refractivity contribution >= 4 is 11.8 Å². The fraction of sp³-hybridized carbons (Fsp3) is 0.800. The van der Waals surface area contributed by atoms with Crippen LogP contribution in [0.1, 0.15) is 96.8 Å². The lowest BCUT2D eigenvalue weighted by Gasteiger charge is -2.11. The molecule has 1 aromatic rings. The highest BCUT2D eigenvalue weighted by atomic mass is 32.2. The molecule has 0 saturated heterocycles. The fourth-order valence-corrected chi connectivity index (χ4v) is 4.68. The van der Waals surface area contributed by atoms with Crippen LogP contribution in [0.25, 0.3) is 0 Å². The van der Waals surface area contributed by atoms with Gasteiger partial charge in [0.2, 0.25) is 0 Å². The van der Waals surface area contributed by atoms with Crippen LogP contribution < -0.4 is 4.57 Å². The highest BCUT2D eigenvalue weighted by Gasteiger charge is 2.12. The van der Waals surface area contributed by atoms with Gasteiger partial charge in [0.15, 0.2) is 18.9 Å². The molecule has 1 atom stereocenters. The molecule has 0 aliphatic carbocycles. The summed E-state index contributed by atoms with van der Waals surface area (Å²) in [7, 11) is 1.83. The second kappa shape index (κ2) is 19.8. The highest BCUT2D eigenvalue weighted by molar-refractivity contribution is 7.99. The molecule has 0 N–H and O–H groups in total. The van der Waals surface area contributed by atoms with Gasteiger partial charge in [-0.25, -0.2) is 4.57 Å². The minimum atomic E-state index is 0.309. The van der Waals surface area contributed by atoms with Gasteiger partial charge in [0.1, 0.15) is 6.10 Å². The number of unbranched alkanes of at least 4 members (excludes halogenated alkanes) is 13. The molecule has 1 rings (SSSR count). The largest absolute Gasteiger partial charge is 0.374 e. The maximum absolute atomic E-state index is 5.64. The molecule has 0 aliphatic rings. The molecule has 2 nitrogen and oxygen atoms in total. The van der Waals surface area contributed by atoms with Crippen LogP contribution in [0.15, 0.2) is 30.6 Å². The molecule has 0 bridgehead atoms. The Kier molecular flexibility index (Phi) is 18.0. The zero-order valence-corrected chi connectivity index (χ0v) is 19.6. The number of rotatable bonds is 20. The molecule has 0 radical (unpaired) electrons. The fourth-order valence-electron chi connectivity index (χ4n) is 3.60. The van der Waals surface area contributed by atoms with E-state index < -0.39 is 0 Å². The molecular formula is C25H46NOS+. The van der Waals surface area contributed by atoms with Crippen molar-refractivity contribution < 1.29 is 9.30 Å². The van der Waals surface area contributed by atoms with E-state index in [1.807, 2.05) is 7.11 Å². The number of aromatic nitrogens is 1. The Morgan fingerprint density at radius 2 is 1.21 bits per heavy atom. The first kappa shape index (κ1) is 25.5. The van der Waals surface area contributed by atoms with E-state index in [-0.39, 0.29) is 0 Å². The minimum Gasteiger partial charge on any atom is -0.374 e. The molecule has 1 aromatic heterocycles. The Morgan fingerprint density at radius 1 is 0.714 bits per heavy atom. The average Bonchev–Trinajstić information content (AvgIpc) is 2.73. The maximum atomic E-state index is 5.64. The molecular weight excluding hydrogens is 362 g/mol. The lowest BCUT2D eigenvalue weighted by Crippen LogP contribution is -2.40. The van der Waals surface area contributed by atoms with Crippen LogP contribution in [0.2, 0.25) is 0 Å². The first-order chi connectivity index (χ1) is 13.9. The summed E-state index contributed by atoms with van der Waals surface area (Å²) in [4.78, 5) is 0. The molecule has 0 aromatic carbocycles. The second-order valence-corrected chi connectivity index (χ2v) is 9.25. The van der Waals surface area contributed by atoms with Crippen molar-refractivity contribution in [1.29, 1.82) is 0 Å². The van der Waals surface area contributed by atoms with E-state index in [2.05, 4.69) is 53.8 Å². The zero-order chi connectivity index (χ0) is 20.1. The number of thioether (sulfide) groups is 1. The number of methoxy groups -OCH3 is 1. The SMILES string of the molecule is CCCCCCCCCCCCCCCCSCC(C[n+]1ccccc1)OC. The van der Waals surface area contributed by atoms with E-state index in [1.165, 1.54) is 95.6 Å². The predicted octanol–water partition coefficient (Wildman–Crippen LogP) is 7.20. The third kappa shape index (κ3) is 15.4. The topological polar surface area (TPSA) is 13.1 Å². The van der Waals surface area contributed by atoms with Gasteiger partial charge in [0, 0.05) is 25.0 Å². The molecule has 3 heteroatoms. The zero-order valence-electron chi connectivity index (χ0n) is 18.7. The van der Waals surface area contributed by atoms with E-state index in [0.717, 1.165) is 12.3 Å². The van der Waals surface area contributed by atoms with Crippen LogP contribution in [0, 0.1) is 0 Å². The maximum Gasteiger partial charge on any atom is 0.175 e. The van der Waals surface area contributed by atoms with Crippen molar-refractivity contribution in [1.82, 2.24) is 0 Å². The molecule has 0 aliphatic heterocycles. The summed E-state index contributed by atoms with van der Waals surface area (Å²) in [6, 6.07) is 6.21. The van der Waals surface area contributed by atoms with Crippen molar-refractivity contribution in [3.8, 4) is 0 Å². The Bertz CT molecular complexity index is 426. The molecule has 0 amide bonds. The summed E-state index contributed by atoms with van der Waals surface area (Å²) in [6.07, 6.45) is 24.6. The second-order valence-electron chi connectivity index (χ2n) is 8.10. The Labute approximate surface area is 179 Å². The molecule has 1 unspecified atom stereocenters. The molecule has 0 fully saturated rings. The summed E-state index contributed by atoms with van der Waals surface area (Å²) in [5.41, 5.74) is 0. The lowest BCUT2D eigenvalue weighted by molar-refractivity contribution is -0.703. The van der Waals surface area contributed by atoms with Crippen LogP contribution in [0.4, 0.5) is 0 Å². The molecule has 162 valence electrons. The normalized spacial score (nSPS) is 12.4. The average molecular weight is 409 g/mol. The van der Waals surface area contributed by atoms with E-state index in [9.17, 15) is 0 Å². The predicted molar refractivity (Wildman–Crippen MR) is 125 cm³/mol. The first-order valence-electron chi connectivity index (χ1n) is 11.9. The van der Waals surface area contributed by atoms with E-state index >= 15 is 0 Å². The molecule has 0 spiro atoms. The smallest absolute Gasteiger partial charge is 0.175 e. The van der Waals surface area contributed by atoms with Gasteiger partial charge in [-0.3, -0.25) is 0 Å². The number of pyridine rings is 1. The summed E-state index contributed by atoms with van der Waals surface area (Å²) in [5.74, 6) is 2.37. The summed E-state index contributed by atoms with van der Waals surface area (Å²) >= 11 is 2.05. The van der Waals surface area contributed by atoms with Crippen LogP contribution in [-0.2, 0) is 11.3 Å². The van der Waals surface area contributed by atoms with Crippen LogP contribution in [-0.4, -0.2) is 24.7 Å². The number of nitrogens with zero attached hydrogens (tertiary/aromatic N) is 1. The van der Waals surface area contributed by atoms with Gasteiger partial charge in [-0.05, 0) is 12.2 Å². The summed E-state index contributed by atoms with van der Waals surface area (Å²) < 4.78 is 7.85. The van der Waals surface area contributed by atoms with Crippen LogP contribution >= 0.6 is 11.8 Å². The molecule has 28 heavy (non-hydrogen) atoms. The Hall–Kier alpha value is -0.540. The van der Waals surface area contributed by atoms with Crippen molar-refractivity contribution in [3.63, 3.8) is 0 Å². The minimum absolute atomic E-state index is 0.309. The van der Waals surface area contributed by atoms with Crippen molar-refractivity contribution in [2.75, 3.05) is 18.6 Å². The standard InChI is InChI=1S/C25H46NOS/c1-3-4-5-6-7-8-9-10-11-12-13-14-15-19-22-28-24-25(27-2)23-26-20-17-16-18-21-26/h16-18,20-21,25H,3-15,19,22-24H2,1-2H3/q+1. The van der Waals surface area contributed by atoms with Gasteiger partial charge in [0.25, 0.3) is 0 Å². The summed E-state index contributed by atoms with van der Waals surface area (Å²) in [6.45, 7) is 3.24. The van der Waals surface area contributed by atoms with Crippen molar-refractivity contribution in [2.24, 2.45) is 0 Å². The van der Waals surface area contributed by atoms with Gasteiger partial charge in [0.05, 0.1) is 0 Å². The Morgan fingerprint density at radius 3 is 1.71 bits per heavy atom. The van der Waals surface area contributed by atoms with Crippen LogP contribution in [0.3, 0.4) is 0 Å². The first-order valence-corrected chi connectivity index (χ1v) is 13.1. The van der Waals surface area contributed by atoms with E-state index in [0.29, 0.717) is 6.10 Å².